The molecule has 0 fully saturated rings. The predicted octanol–water partition coefficient (Wildman–Crippen LogP) is 6.71. The zero-order valence-corrected chi connectivity index (χ0v) is 19.4. The van der Waals surface area contributed by atoms with Gasteiger partial charge in [0.2, 0.25) is 0 Å². The maximum atomic E-state index is 9.87. The number of nitriles is 1. The molecule has 0 amide bonds. The number of ether oxygens (including phenoxy) is 1. The van der Waals surface area contributed by atoms with Crippen molar-refractivity contribution in [2.45, 2.75) is 20.5 Å². The summed E-state index contributed by atoms with van der Waals surface area (Å²) in [6, 6.07) is 23.7. The quantitative estimate of drug-likeness (QED) is 0.299. The van der Waals surface area contributed by atoms with Crippen LogP contribution >= 0.6 is 11.6 Å². The Morgan fingerprint density at radius 3 is 2.55 bits per heavy atom. The third-order valence-corrected chi connectivity index (χ3v) is 5.75. The summed E-state index contributed by atoms with van der Waals surface area (Å²) < 4.78 is 6.23. The monoisotopic (exact) mass is 456 g/mol. The summed E-state index contributed by atoms with van der Waals surface area (Å²) in [4.78, 5) is 10.1. The highest BCUT2D eigenvalue weighted by Gasteiger charge is 2.12. The van der Waals surface area contributed by atoms with Crippen LogP contribution in [0.15, 0.2) is 66.7 Å². The summed E-state index contributed by atoms with van der Waals surface area (Å²) in [5.74, 6) is 1.24. The number of H-pyrrole nitrogens is 1. The van der Waals surface area contributed by atoms with Crippen molar-refractivity contribution >= 4 is 40.0 Å². The number of nitrogens with one attached hydrogen (secondary N) is 1. The minimum Gasteiger partial charge on any atom is -0.488 e. The standard InChI is InChI=1S/C27H25ClN4O/c1-3-32(4-2)23-14-11-20(26(16-23)33-18-19-9-12-22(28)13-10-19)15-21(17-29)27-30-24-7-5-6-8-25(24)31-27/h5-16H,3-4,18H2,1-2H3,(H,30,31)/b21-15-. The minimum atomic E-state index is 0.395. The van der Waals surface area contributed by atoms with Crippen molar-refractivity contribution in [1.29, 1.82) is 5.26 Å². The highest BCUT2D eigenvalue weighted by molar-refractivity contribution is 6.30. The van der Waals surface area contributed by atoms with Crippen LogP contribution < -0.4 is 9.64 Å². The van der Waals surface area contributed by atoms with E-state index in [1.54, 1.807) is 0 Å². The highest BCUT2D eigenvalue weighted by atomic mass is 35.5. The SMILES string of the molecule is CCN(CC)c1ccc(/C=C(/C#N)c2nc3ccccc3[nH]2)c(OCc2ccc(Cl)cc2)c1. The number of aromatic nitrogens is 2. The number of rotatable bonds is 8. The fraction of sp³-hybridized carbons (Fsp3) is 0.185. The zero-order valence-electron chi connectivity index (χ0n) is 18.7. The Morgan fingerprint density at radius 1 is 1.09 bits per heavy atom. The average Bonchev–Trinajstić information content (AvgIpc) is 3.28. The third kappa shape index (κ3) is 5.19. The van der Waals surface area contributed by atoms with Crippen LogP contribution in [-0.2, 0) is 6.61 Å². The first-order valence-electron chi connectivity index (χ1n) is 10.9. The van der Waals surface area contributed by atoms with Crippen LogP contribution in [0.2, 0.25) is 5.02 Å². The van der Waals surface area contributed by atoms with Crippen LogP contribution in [0, 0.1) is 11.3 Å². The van der Waals surface area contributed by atoms with E-state index in [0.717, 1.165) is 40.9 Å². The molecule has 0 radical (unpaired) electrons. The molecule has 0 aliphatic heterocycles. The number of halogens is 1. The lowest BCUT2D eigenvalue weighted by Crippen LogP contribution is -2.21. The molecule has 6 heteroatoms. The Hall–Kier alpha value is -3.75. The van der Waals surface area contributed by atoms with Crippen molar-refractivity contribution in [3.63, 3.8) is 0 Å². The molecule has 1 heterocycles. The number of hydrogen-bond donors (Lipinski definition) is 1. The molecule has 5 nitrogen and oxygen atoms in total. The maximum Gasteiger partial charge on any atom is 0.149 e. The van der Waals surface area contributed by atoms with Crippen molar-refractivity contribution in [3.8, 4) is 11.8 Å². The van der Waals surface area contributed by atoms with Crippen molar-refractivity contribution in [1.82, 2.24) is 9.97 Å². The number of allylic oxidation sites excluding steroid dienone is 1. The Labute approximate surface area is 198 Å². The van der Waals surface area contributed by atoms with E-state index in [1.165, 1.54) is 0 Å². The van der Waals surface area contributed by atoms with E-state index >= 15 is 0 Å². The number of fused-ring (bicyclic) bond motifs is 1. The average molecular weight is 457 g/mol. The highest BCUT2D eigenvalue weighted by Crippen LogP contribution is 2.30. The number of hydrogen-bond acceptors (Lipinski definition) is 4. The van der Waals surface area contributed by atoms with Crippen LogP contribution in [0.25, 0.3) is 22.7 Å². The molecule has 0 unspecified atom stereocenters. The molecule has 0 aliphatic rings. The third-order valence-electron chi connectivity index (χ3n) is 5.50. The van der Waals surface area contributed by atoms with Crippen molar-refractivity contribution < 1.29 is 4.74 Å². The molecule has 0 bridgehead atoms. The molecule has 3 aromatic carbocycles. The summed E-state index contributed by atoms with van der Waals surface area (Å²) in [5, 5.41) is 10.6. The molecule has 4 rings (SSSR count). The molecular weight excluding hydrogens is 432 g/mol. The minimum absolute atomic E-state index is 0.395. The van der Waals surface area contributed by atoms with E-state index in [4.69, 9.17) is 16.3 Å². The molecule has 0 spiro atoms. The van der Waals surface area contributed by atoms with Gasteiger partial charge in [0.05, 0.1) is 16.6 Å². The normalized spacial score (nSPS) is 11.4. The van der Waals surface area contributed by atoms with E-state index < -0.39 is 0 Å². The Kier molecular flexibility index (Phi) is 6.97. The number of imidazole rings is 1. The van der Waals surface area contributed by atoms with Gasteiger partial charge in [0.1, 0.15) is 24.3 Å². The van der Waals surface area contributed by atoms with Gasteiger partial charge >= 0.3 is 0 Å². The molecule has 4 aromatic rings. The molecular formula is C27H25ClN4O. The second kappa shape index (κ2) is 10.2. The maximum absolute atomic E-state index is 9.87. The second-order valence-electron chi connectivity index (χ2n) is 7.58. The van der Waals surface area contributed by atoms with Gasteiger partial charge in [0.25, 0.3) is 0 Å². The smallest absolute Gasteiger partial charge is 0.149 e. The number of aromatic amines is 1. The summed E-state index contributed by atoms with van der Waals surface area (Å²) in [6.07, 6.45) is 1.82. The van der Waals surface area contributed by atoms with E-state index in [9.17, 15) is 5.26 Å². The van der Waals surface area contributed by atoms with E-state index in [-0.39, 0.29) is 0 Å². The number of para-hydroxylation sites is 2. The summed E-state index contributed by atoms with van der Waals surface area (Å²) >= 11 is 6.01. The van der Waals surface area contributed by atoms with Crippen LogP contribution in [0.5, 0.6) is 5.75 Å². The summed E-state index contributed by atoms with van der Waals surface area (Å²) in [6.45, 7) is 6.43. The Bertz CT molecular complexity index is 1280. The zero-order chi connectivity index (χ0) is 23.2. The lowest BCUT2D eigenvalue weighted by Gasteiger charge is -2.22. The predicted molar refractivity (Wildman–Crippen MR) is 135 cm³/mol. The van der Waals surface area contributed by atoms with E-state index in [0.29, 0.717) is 28.8 Å². The van der Waals surface area contributed by atoms with Gasteiger partial charge < -0.3 is 14.6 Å². The summed E-state index contributed by atoms with van der Waals surface area (Å²) in [7, 11) is 0. The van der Waals surface area contributed by atoms with Crippen LogP contribution in [0.3, 0.4) is 0 Å². The molecule has 0 atom stereocenters. The molecule has 1 aromatic heterocycles. The van der Waals surface area contributed by atoms with Crippen molar-refractivity contribution in [2.75, 3.05) is 18.0 Å². The second-order valence-corrected chi connectivity index (χ2v) is 8.02. The number of benzene rings is 3. The van der Waals surface area contributed by atoms with Crippen molar-refractivity contribution in [2.24, 2.45) is 0 Å². The fourth-order valence-corrected chi connectivity index (χ4v) is 3.81. The largest absolute Gasteiger partial charge is 0.488 e. The summed E-state index contributed by atoms with van der Waals surface area (Å²) in [5.41, 5.74) is 5.07. The van der Waals surface area contributed by atoms with E-state index in [2.05, 4.69) is 40.9 Å². The molecule has 0 saturated heterocycles. The van der Waals surface area contributed by atoms with Crippen LogP contribution in [0.1, 0.15) is 30.8 Å². The topological polar surface area (TPSA) is 64.9 Å². The van der Waals surface area contributed by atoms with Gasteiger partial charge in [-0.15, -0.1) is 0 Å². The molecule has 166 valence electrons. The van der Waals surface area contributed by atoms with Gasteiger partial charge in [-0.25, -0.2) is 4.98 Å². The van der Waals surface area contributed by atoms with Gasteiger partial charge in [-0.05, 0) is 61.9 Å². The van der Waals surface area contributed by atoms with Gasteiger partial charge in [-0.3, -0.25) is 0 Å². The lowest BCUT2D eigenvalue weighted by atomic mass is 10.1. The number of anilines is 1. The van der Waals surface area contributed by atoms with Crippen LogP contribution in [-0.4, -0.2) is 23.1 Å². The first-order chi connectivity index (χ1) is 16.1. The van der Waals surface area contributed by atoms with E-state index in [1.807, 2.05) is 66.7 Å². The fourth-order valence-electron chi connectivity index (χ4n) is 3.68. The van der Waals surface area contributed by atoms with Gasteiger partial charge in [0, 0.05) is 35.4 Å². The molecule has 0 saturated carbocycles. The molecule has 33 heavy (non-hydrogen) atoms. The molecule has 0 aliphatic carbocycles. The van der Waals surface area contributed by atoms with Crippen LogP contribution in [0.4, 0.5) is 5.69 Å². The van der Waals surface area contributed by atoms with Gasteiger partial charge in [-0.2, -0.15) is 5.26 Å². The van der Waals surface area contributed by atoms with Crippen molar-refractivity contribution in [3.05, 3.63) is 88.7 Å². The van der Waals surface area contributed by atoms with Gasteiger partial charge in [0.15, 0.2) is 0 Å². The number of nitrogens with zero attached hydrogens (tertiary/aromatic N) is 3. The van der Waals surface area contributed by atoms with Gasteiger partial charge in [-0.1, -0.05) is 35.9 Å². The lowest BCUT2D eigenvalue weighted by molar-refractivity contribution is 0.305. The molecule has 1 N–H and O–H groups in total. The first-order valence-corrected chi connectivity index (χ1v) is 11.3. The Balaban J connectivity index is 1.71. The Morgan fingerprint density at radius 2 is 1.85 bits per heavy atom. The first kappa shape index (κ1) is 22.4.